The van der Waals surface area contributed by atoms with Crippen LogP contribution < -0.4 is 10.2 Å². The van der Waals surface area contributed by atoms with Crippen molar-refractivity contribution in [2.75, 3.05) is 40.9 Å². The van der Waals surface area contributed by atoms with E-state index in [-0.39, 0.29) is 31.5 Å². The largest absolute Gasteiger partial charge is 0.756 e. The quantitative estimate of drug-likeness (QED) is 0.0212. The summed E-state index contributed by atoms with van der Waals surface area (Å²) in [5.74, 6) is -0.534. The summed E-state index contributed by atoms with van der Waals surface area (Å²) in [6.07, 6.45) is 71.3. The van der Waals surface area contributed by atoms with Crippen molar-refractivity contribution in [3.8, 4) is 0 Å². The van der Waals surface area contributed by atoms with Gasteiger partial charge >= 0.3 is 5.97 Å². The molecule has 0 aliphatic carbocycles. The maximum absolute atomic E-state index is 13.6. The predicted octanol–water partition coefficient (Wildman–Crippen LogP) is 20.4. The Bertz CT molecular complexity index is 1430. The summed E-state index contributed by atoms with van der Waals surface area (Å²) in [6, 6.07) is -0.888. The standard InChI is InChI=1S/C68H131N2O7P/c1-7-10-13-16-19-22-25-28-30-31-32-33-34-35-36-37-38-39-40-42-45-48-51-54-57-60-67(71)69-65(64-76-78(73,74)75-63-62-70(4,5)6)66(59-56-53-50-47-44-41-27-24-21-18-15-12-9-3)77-68(72)61-58-55-52-49-46-43-29-26-23-20-17-14-11-8-2/h11,14,20,23,56,59,65-66H,7-10,12-13,15-19,21-22,24-55,57-58,60-64H2,1-6H3,(H-,69,71,73,74)/b14-11+,23-20+,59-56-. The van der Waals surface area contributed by atoms with Crippen molar-refractivity contribution in [1.29, 1.82) is 0 Å². The number of phosphoric ester groups is 1. The van der Waals surface area contributed by atoms with Crippen LogP contribution in [0.4, 0.5) is 0 Å². The lowest BCUT2D eigenvalue weighted by atomic mass is 10.0. The molecule has 1 N–H and O–H groups in total. The first-order valence-electron chi connectivity index (χ1n) is 33.8. The van der Waals surface area contributed by atoms with Crippen LogP contribution in [0.25, 0.3) is 0 Å². The minimum atomic E-state index is -4.70. The fourth-order valence-corrected chi connectivity index (χ4v) is 10.9. The first kappa shape index (κ1) is 76.2. The molecule has 0 radical (unpaired) electrons. The molecule has 0 aromatic heterocycles. The number of rotatable bonds is 62. The minimum absolute atomic E-state index is 0.0211. The summed E-state index contributed by atoms with van der Waals surface area (Å²) in [5.41, 5.74) is 0. The summed E-state index contributed by atoms with van der Waals surface area (Å²) in [7, 11) is 1.19. The first-order chi connectivity index (χ1) is 37.9. The average molecular weight is 1120 g/mol. The molecule has 460 valence electrons. The number of phosphoric acid groups is 1. The van der Waals surface area contributed by atoms with Gasteiger partial charge in [-0.15, -0.1) is 0 Å². The van der Waals surface area contributed by atoms with Crippen LogP contribution in [-0.4, -0.2) is 69.4 Å². The Hall–Kier alpha value is -1.77. The molecule has 0 aromatic carbocycles. The molecule has 0 rings (SSSR count). The van der Waals surface area contributed by atoms with Crippen molar-refractivity contribution in [3.63, 3.8) is 0 Å². The number of quaternary nitrogens is 1. The van der Waals surface area contributed by atoms with Crippen LogP contribution >= 0.6 is 7.82 Å². The van der Waals surface area contributed by atoms with Gasteiger partial charge in [-0.1, -0.05) is 302 Å². The summed E-state index contributed by atoms with van der Waals surface area (Å²) in [5, 5.41) is 3.04. The number of esters is 1. The highest BCUT2D eigenvalue weighted by Crippen LogP contribution is 2.38. The number of unbranched alkanes of at least 4 members (excludes halogenated alkanes) is 42. The van der Waals surface area contributed by atoms with Gasteiger partial charge in [-0.3, -0.25) is 14.2 Å². The summed E-state index contributed by atoms with van der Waals surface area (Å²) >= 11 is 0. The Labute approximate surface area is 485 Å². The van der Waals surface area contributed by atoms with Crippen LogP contribution in [0.3, 0.4) is 0 Å². The van der Waals surface area contributed by atoms with Gasteiger partial charge in [0.25, 0.3) is 7.82 Å². The van der Waals surface area contributed by atoms with Crippen LogP contribution in [0.15, 0.2) is 36.5 Å². The zero-order valence-corrected chi connectivity index (χ0v) is 53.5. The molecule has 0 fully saturated rings. The van der Waals surface area contributed by atoms with Gasteiger partial charge in [-0.25, -0.2) is 0 Å². The van der Waals surface area contributed by atoms with Gasteiger partial charge < -0.3 is 28.5 Å². The van der Waals surface area contributed by atoms with Gasteiger partial charge in [0, 0.05) is 12.8 Å². The number of allylic oxidation sites excluding steroid dienone is 5. The number of carbonyl (C=O) groups excluding carboxylic acids is 2. The van der Waals surface area contributed by atoms with Crippen LogP contribution in [0.2, 0.25) is 0 Å². The number of hydrogen-bond acceptors (Lipinski definition) is 7. The van der Waals surface area contributed by atoms with Gasteiger partial charge in [0.1, 0.15) is 19.3 Å². The highest BCUT2D eigenvalue weighted by Gasteiger charge is 2.27. The van der Waals surface area contributed by atoms with Crippen LogP contribution in [-0.2, 0) is 27.9 Å². The van der Waals surface area contributed by atoms with Crippen molar-refractivity contribution in [2.45, 2.75) is 348 Å². The van der Waals surface area contributed by atoms with Gasteiger partial charge in [0.15, 0.2) is 0 Å². The highest BCUT2D eigenvalue weighted by atomic mass is 31.2. The highest BCUT2D eigenvalue weighted by molar-refractivity contribution is 7.45. The maximum atomic E-state index is 13.6. The molecule has 0 spiro atoms. The Morgan fingerprint density at radius 2 is 0.821 bits per heavy atom. The fraction of sp³-hybridized carbons (Fsp3) is 0.882. The lowest BCUT2D eigenvalue weighted by Gasteiger charge is -2.30. The zero-order chi connectivity index (χ0) is 57.2. The minimum Gasteiger partial charge on any atom is -0.756 e. The van der Waals surface area contributed by atoms with Gasteiger partial charge in [0.05, 0.1) is 33.8 Å². The van der Waals surface area contributed by atoms with Gasteiger partial charge in [0.2, 0.25) is 5.91 Å². The van der Waals surface area contributed by atoms with Crippen molar-refractivity contribution >= 4 is 19.7 Å². The molecule has 0 aliphatic rings. The number of carbonyl (C=O) groups is 2. The predicted molar refractivity (Wildman–Crippen MR) is 335 cm³/mol. The maximum Gasteiger partial charge on any atom is 0.306 e. The van der Waals surface area contributed by atoms with E-state index in [4.69, 9.17) is 13.8 Å². The molecule has 3 unspecified atom stereocenters. The van der Waals surface area contributed by atoms with E-state index in [0.717, 1.165) is 83.5 Å². The Morgan fingerprint density at radius 1 is 0.462 bits per heavy atom. The number of nitrogens with zero attached hydrogens (tertiary/aromatic N) is 1. The van der Waals surface area contributed by atoms with Crippen molar-refractivity contribution in [2.24, 2.45) is 0 Å². The molecule has 1 amide bonds. The lowest BCUT2D eigenvalue weighted by molar-refractivity contribution is -0.870. The Morgan fingerprint density at radius 3 is 1.22 bits per heavy atom. The summed E-state index contributed by atoms with van der Waals surface area (Å²) in [6.45, 7) is 6.78. The molecule has 9 nitrogen and oxygen atoms in total. The molecule has 0 saturated heterocycles. The Kier molecular flexibility index (Phi) is 57.1. The molecule has 0 heterocycles. The number of ether oxygens (including phenoxy) is 1. The molecule has 10 heteroatoms. The normalized spacial score (nSPS) is 13.8. The van der Waals surface area contributed by atoms with Gasteiger partial charge in [-0.05, 0) is 57.4 Å². The van der Waals surface area contributed by atoms with Crippen LogP contribution in [0.1, 0.15) is 335 Å². The second-order valence-corrected chi connectivity index (χ2v) is 25.7. The van der Waals surface area contributed by atoms with E-state index in [1.807, 2.05) is 33.3 Å². The van der Waals surface area contributed by atoms with E-state index >= 15 is 0 Å². The molecular formula is C68H131N2O7P. The third-order valence-electron chi connectivity index (χ3n) is 15.3. The smallest absolute Gasteiger partial charge is 0.306 e. The van der Waals surface area contributed by atoms with Gasteiger partial charge in [-0.2, -0.15) is 0 Å². The summed E-state index contributed by atoms with van der Waals surface area (Å²) in [4.78, 5) is 40.1. The first-order valence-corrected chi connectivity index (χ1v) is 35.3. The zero-order valence-electron chi connectivity index (χ0n) is 52.6. The van der Waals surface area contributed by atoms with Crippen LogP contribution in [0.5, 0.6) is 0 Å². The molecule has 0 saturated carbocycles. The van der Waals surface area contributed by atoms with E-state index < -0.39 is 20.0 Å². The molecule has 0 aromatic rings. The van der Waals surface area contributed by atoms with Crippen molar-refractivity contribution in [3.05, 3.63) is 36.5 Å². The Balaban J connectivity index is 5.05. The topological polar surface area (TPSA) is 114 Å². The number of likely N-dealkylation sites (N-methyl/N-ethyl adjacent to an activating group) is 1. The average Bonchev–Trinajstić information content (AvgIpc) is 3.40. The van der Waals surface area contributed by atoms with Crippen molar-refractivity contribution < 1.29 is 37.3 Å². The van der Waals surface area contributed by atoms with E-state index in [2.05, 4.69) is 50.4 Å². The molecular weight excluding hydrogens is 988 g/mol. The van der Waals surface area contributed by atoms with Crippen LogP contribution in [0, 0.1) is 0 Å². The number of nitrogens with one attached hydrogen (secondary N) is 1. The third kappa shape index (κ3) is 58.9. The lowest BCUT2D eigenvalue weighted by Crippen LogP contribution is -2.47. The fourth-order valence-electron chi connectivity index (χ4n) is 10.2. The molecule has 3 atom stereocenters. The number of amides is 1. The number of hydrogen-bond donors (Lipinski definition) is 1. The monoisotopic (exact) mass is 1120 g/mol. The third-order valence-corrected chi connectivity index (χ3v) is 16.3. The van der Waals surface area contributed by atoms with Crippen molar-refractivity contribution in [1.82, 2.24) is 5.32 Å². The summed E-state index contributed by atoms with van der Waals surface area (Å²) < 4.78 is 30.4. The van der Waals surface area contributed by atoms with E-state index in [1.54, 1.807) is 0 Å². The molecule has 0 aliphatic heterocycles. The SMILES string of the molecule is CC/C=C/C/C=C/CCCCCCCCCC(=O)OC(/C=C\CCCCCCCCCCCCC)C(COP(=O)([O-])OCC[N+](C)(C)C)NC(=O)CCCCCCCCCCCCCCCCCCCCCCCCCCC. The van der Waals surface area contributed by atoms with E-state index in [9.17, 15) is 19.0 Å². The van der Waals surface area contributed by atoms with E-state index in [0.29, 0.717) is 17.4 Å². The second kappa shape index (κ2) is 58.4. The second-order valence-electron chi connectivity index (χ2n) is 24.3. The molecule has 78 heavy (non-hydrogen) atoms. The molecule has 0 bridgehead atoms. The van der Waals surface area contributed by atoms with E-state index in [1.165, 1.54) is 218 Å².